The molecule has 0 aliphatic heterocycles. The Morgan fingerprint density at radius 2 is 1.95 bits per heavy atom. The van der Waals surface area contributed by atoms with Crippen molar-refractivity contribution in [2.45, 2.75) is 13.0 Å². The first-order valence-electron chi connectivity index (χ1n) is 6.11. The van der Waals surface area contributed by atoms with E-state index in [-0.39, 0.29) is 6.04 Å². The molecule has 3 aromatic rings. The number of thiazole rings is 1. The SMILES string of the molecule is CC(Nc1cccc2c(O)cccc12)c1cncs1. The second-order valence-corrected chi connectivity index (χ2v) is 5.37. The molecule has 1 aromatic heterocycles. The van der Waals surface area contributed by atoms with Crippen LogP contribution in [0.25, 0.3) is 10.8 Å². The number of nitrogens with one attached hydrogen (secondary N) is 1. The van der Waals surface area contributed by atoms with Crippen LogP contribution in [0.3, 0.4) is 0 Å². The molecular weight excluding hydrogens is 256 g/mol. The molecule has 4 heteroatoms. The standard InChI is InChI=1S/C15H14N2OS/c1-10(15-8-16-9-19-15)17-13-6-2-5-12-11(13)4-3-7-14(12)18/h2-10,17-18H,1H3. The summed E-state index contributed by atoms with van der Waals surface area (Å²) in [5.74, 6) is 0.312. The molecule has 19 heavy (non-hydrogen) atoms. The minimum Gasteiger partial charge on any atom is -0.507 e. The molecule has 0 spiro atoms. The van der Waals surface area contributed by atoms with Gasteiger partial charge in [-0.15, -0.1) is 11.3 Å². The first-order chi connectivity index (χ1) is 9.25. The molecule has 0 radical (unpaired) electrons. The predicted molar refractivity (Wildman–Crippen MR) is 79.8 cm³/mol. The smallest absolute Gasteiger partial charge is 0.123 e. The van der Waals surface area contributed by atoms with E-state index in [2.05, 4.69) is 17.2 Å². The van der Waals surface area contributed by atoms with Crippen LogP contribution in [0.15, 0.2) is 48.1 Å². The van der Waals surface area contributed by atoms with Gasteiger partial charge in [-0.2, -0.15) is 0 Å². The molecule has 96 valence electrons. The lowest BCUT2D eigenvalue weighted by Gasteiger charge is -2.15. The van der Waals surface area contributed by atoms with E-state index in [4.69, 9.17) is 0 Å². The Balaban J connectivity index is 1.99. The van der Waals surface area contributed by atoms with E-state index in [1.54, 1.807) is 17.4 Å². The predicted octanol–water partition coefficient (Wildman–Crippen LogP) is 4.18. The Morgan fingerprint density at radius 1 is 1.16 bits per heavy atom. The van der Waals surface area contributed by atoms with E-state index in [0.29, 0.717) is 5.75 Å². The maximum atomic E-state index is 9.88. The molecule has 0 saturated heterocycles. The number of aromatic hydroxyl groups is 1. The minimum atomic E-state index is 0.195. The molecule has 2 N–H and O–H groups in total. The van der Waals surface area contributed by atoms with Gasteiger partial charge in [0, 0.05) is 27.5 Å². The van der Waals surface area contributed by atoms with Gasteiger partial charge in [0.25, 0.3) is 0 Å². The zero-order chi connectivity index (χ0) is 13.2. The van der Waals surface area contributed by atoms with Gasteiger partial charge in [0.05, 0.1) is 11.6 Å². The third-order valence-electron chi connectivity index (χ3n) is 3.15. The van der Waals surface area contributed by atoms with Gasteiger partial charge in [-0.1, -0.05) is 24.3 Å². The average Bonchev–Trinajstić information content (AvgIpc) is 2.94. The van der Waals surface area contributed by atoms with E-state index < -0.39 is 0 Å². The second-order valence-electron chi connectivity index (χ2n) is 4.45. The number of nitrogens with zero attached hydrogens (tertiary/aromatic N) is 1. The second kappa shape index (κ2) is 4.90. The van der Waals surface area contributed by atoms with Crippen molar-refractivity contribution in [1.82, 2.24) is 4.98 Å². The summed E-state index contributed by atoms with van der Waals surface area (Å²) in [6.07, 6.45) is 1.88. The van der Waals surface area contributed by atoms with Gasteiger partial charge >= 0.3 is 0 Å². The number of hydrogen-bond donors (Lipinski definition) is 2. The Labute approximate surface area is 115 Å². The topological polar surface area (TPSA) is 45.1 Å². The van der Waals surface area contributed by atoms with Crippen LogP contribution >= 0.6 is 11.3 Å². The number of fused-ring (bicyclic) bond motifs is 1. The largest absolute Gasteiger partial charge is 0.507 e. The molecule has 3 rings (SSSR count). The van der Waals surface area contributed by atoms with Crippen LogP contribution < -0.4 is 5.32 Å². The van der Waals surface area contributed by atoms with Crippen molar-refractivity contribution in [3.8, 4) is 5.75 Å². The first-order valence-corrected chi connectivity index (χ1v) is 6.99. The Hall–Kier alpha value is -2.07. The van der Waals surface area contributed by atoms with Gasteiger partial charge in [0.2, 0.25) is 0 Å². The third kappa shape index (κ3) is 2.27. The third-order valence-corrected chi connectivity index (χ3v) is 4.11. The normalized spacial score (nSPS) is 12.5. The van der Waals surface area contributed by atoms with Gasteiger partial charge in [0.1, 0.15) is 5.75 Å². The molecule has 1 atom stereocenters. The quantitative estimate of drug-likeness (QED) is 0.750. The number of anilines is 1. The van der Waals surface area contributed by atoms with Crippen LogP contribution in [-0.4, -0.2) is 10.1 Å². The summed E-state index contributed by atoms with van der Waals surface area (Å²) >= 11 is 1.64. The van der Waals surface area contributed by atoms with Crippen LogP contribution in [0.4, 0.5) is 5.69 Å². The van der Waals surface area contributed by atoms with Crippen molar-refractivity contribution in [2.75, 3.05) is 5.32 Å². The molecule has 3 nitrogen and oxygen atoms in total. The maximum Gasteiger partial charge on any atom is 0.123 e. The van der Waals surface area contributed by atoms with Crippen LogP contribution in [0.2, 0.25) is 0 Å². The molecule has 0 fully saturated rings. The van der Waals surface area contributed by atoms with E-state index in [0.717, 1.165) is 16.5 Å². The van der Waals surface area contributed by atoms with Gasteiger partial charge in [0.15, 0.2) is 0 Å². The first kappa shape index (κ1) is 12.0. The lowest BCUT2D eigenvalue weighted by molar-refractivity contribution is 0.481. The zero-order valence-corrected chi connectivity index (χ0v) is 11.3. The molecule has 0 aliphatic rings. The minimum absolute atomic E-state index is 0.195. The zero-order valence-electron chi connectivity index (χ0n) is 10.5. The Bertz CT molecular complexity index is 694. The summed E-state index contributed by atoms with van der Waals surface area (Å²) in [7, 11) is 0. The van der Waals surface area contributed by atoms with Crippen molar-refractivity contribution in [3.05, 3.63) is 53.0 Å². The van der Waals surface area contributed by atoms with Crippen molar-refractivity contribution in [1.29, 1.82) is 0 Å². The van der Waals surface area contributed by atoms with E-state index in [9.17, 15) is 5.11 Å². The number of phenolic OH excluding ortho intramolecular Hbond substituents is 1. The molecule has 1 unspecified atom stereocenters. The average molecular weight is 270 g/mol. The number of rotatable bonds is 3. The fraction of sp³-hybridized carbons (Fsp3) is 0.133. The molecule has 1 heterocycles. The highest BCUT2D eigenvalue weighted by molar-refractivity contribution is 7.09. The van der Waals surface area contributed by atoms with Gasteiger partial charge in [-0.3, -0.25) is 4.98 Å². The van der Waals surface area contributed by atoms with Crippen molar-refractivity contribution >= 4 is 27.8 Å². The fourth-order valence-electron chi connectivity index (χ4n) is 2.16. The highest BCUT2D eigenvalue weighted by Crippen LogP contribution is 2.32. The summed E-state index contributed by atoms with van der Waals surface area (Å²) < 4.78 is 0. The van der Waals surface area contributed by atoms with Crippen LogP contribution in [-0.2, 0) is 0 Å². The summed E-state index contributed by atoms with van der Waals surface area (Å²) in [6, 6.07) is 11.7. The monoisotopic (exact) mass is 270 g/mol. The lowest BCUT2D eigenvalue weighted by Crippen LogP contribution is -2.05. The summed E-state index contributed by atoms with van der Waals surface area (Å²) in [4.78, 5) is 5.29. The van der Waals surface area contributed by atoms with Crippen molar-refractivity contribution < 1.29 is 5.11 Å². The highest BCUT2D eigenvalue weighted by atomic mass is 32.1. The molecule has 2 aromatic carbocycles. The Morgan fingerprint density at radius 3 is 2.74 bits per heavy atom. The number of hydrogen-bond acceptors (Lipinski definition) is 4. The van der Waals surface area contributed by atoms with E-state index in [1.807, 2.05) is 42.0 Å². The van der Waals surface area contributed by atoms with Gasteiger partial charge < -0.3 is 10.4 Å². The fourth-order valence-corrected chi connectivity index (χ4v) is 2.79. The Kier molecular flexibility index (Phi) is 3.09. The molecular formula is C15H14N2OS. The van der Waals surface area contributed by atoms with Crippen molar-refractivity contribution in [2.24, 2.45) is 0 Å². The molecule has 0 aliphatic carbocycles. The molecule has 0 bridgehead atoms. The highest BCUT2D eigenvalue weighted by Gasteiger charge is 2.09. The molecule has 0 amide bonds. The van der Waals surface area contributed by atoms with Crippen LogP contribution in [0.1, 0.15) is 17.8 Å². The maximum absolute atomic E-state index is 9.88. The summed E-state index contributed by atoms with van der Waals surface area (Å²) in [5.41, 5.74) is 2.86. The van der Waals surface area contributed by atoms with Crippen LogP contribution in [0, 0.1) is 0 Å². The number of aromatic nitrogens is 1. The van der Waals surface area contributed by atoms with Gasteiger partial charge in [-0.25, -0.2) is 0 Å². The van der Waals surface area contributed by atoms with Crippen molar-refractivity contribution in [3.63, 3.8) is 0 Å². The van der Waals surface area contributed by atoms with E-state index in [1.165, 1.54) is 4.88 Å². The lowest BCUT2D eigenvalue weighted by atomic mass is 10.1. The number of benzene rings is 2. The number of phenols is 1. The molecule has 0 saturated carbocycles. The van der Waals surface area contributed by atoms with E-state index >= 15 is 0 Å². The summed E-state index contributed by atoms with van der Waals surface area (Å²) in [5, 5.41) is 15.2. The van der Waals surface area contributed by atoms with Crippen LogP contribution in [0.5, 0.6) is 5.75 Å². The summed E-state index contributed by atoms with van der Waals surface area (Å²) in [6.45, 7) is 2.11. The van der Waals surface area contributed by atoms with Gasteiger partial charge in [-0.05, 0) is 19.1 Å².